The SMILES string of the molecule is CC1(O)CN(S(=O)(=O)Cc2ccccc2[N+](=O)[O-])C1. The number of hydrogen-bond donors (Lipinski definition) is 1. The van der Waals surface area contributed by atoms with Crippen LogP contribution in [0, 0.1) is 10.1 Å². The number of β-amino-alcohol motifs (C(OH)–C–C–N with tert-alkyl or cyclic N) is 1. The third-order valence-corrected chi connectivity index (χ3v) is 4.67. The highest BCUT2D eigenvalue weighted by Gasteiger charge is 2.43. The summed E-state index contributed by atoms with van der Waals surface area (Å²) in [6.45, 7) is 1.59. The van der Waals surface area contributed by atoms with Crippen molar-refractivity contribution in [3.63, 3.8) is 0 Å². The maximum absolute atomic E-state index is 12.0. The van der Waals surface area contributed by atoms with Crippen LogP contribution in [0.2, 0.25) is 0 Å². The van der Waals surface area contributed by atoms with E-state index in [1.165, 1.54) is 18.2 Å². The summed E-state index contributed by atoms with van der Waals surface area (Å²) in [5, 5.41) is 20.4. The van der Waals surface area contributed by atoms with E-state index in [9.17, 15) is 23.6 Å². The van der Waals surface area contributed by atoms with E-state index in [2.05, 4.69) is 0 Å². The van der Waals surface area contributed by atoms with E-state index in [4.69, 9.17) is 0 Å². The van der Waals surface area contributed by atoms with E-state index in [1.54, 1.807) is 13.0 Å². The minimum absolute atomic E-state index is 0.0238. The molecule has 19 heavy (non-hydrogen) atoms. The van der Waals surface area contributed by atoms with Crippen molar-refractivity contribution in [3.05, 3.63) is 39.9 Å². The van der Waals surface area contributed by atoms with Gasteiger partial charge in [-0.3, -0.25) is 10.1 Å². The second kappa shape index (κ2) is 4.55. The Labute approximate surface area is 110 Å². The minimum atomic E-state index is -3.63. The molecule has 0 saturated carbocycles. The van der Waals surface area contributed by atoms with Gasteiger partial charge in [-0.15, -0.1) is 0 Å². The lowest BCUT2D eigenvalue weighted by molar-refractivity contribution is -0.385. The molecule has 0 unspecified atom stereocenters. The highest BCUT2D eigenvalue weighted by Crippen LogP contribution is 2.27. The lowest BCUT2D eigenvalue weighted by Gasteiger charge is -2.42. The molecule has 0 bridgehead atoms. The molecular weight excluding hydrogens is 272 g/mol. The number of nitrogens with zero attached hydrogens (tertiary/aromatic N) is 2. The largest absolute Gasteiger partial charge is 0.387 e. The monoisotopic (exact) mass is 286 g/mol. The number of nitro groups is 1. The fourth-order valence-electron chi connectivity index (χ4n) is 2.01. The summed E-state index contributed by atoms with van der Waals surface area (Å²) >= 11 is 0. The molecule has 2 rings (SSSR count). The third kappa shape index (κ3) is 2.91. The van der Waals surface area contributed by atoms with Gasteiger partial charge in [-0.25, -0.2) is 8.42 Å². The van der Waals surface area contributed by atoms with Crippen molar-refractivity contribution >= 4 is 15.7 Å². The molecule has 104 valence electrons. The first kappa shape index (κ1) is 13.9. The number of benzene rings is 1. The smallest absolute Gasteiger partial charge is 0.273 e. The zero-order chi connectivity index (χ0) is 14.3. The summed E-state index contributed by atoms with van der Waals surface area (Å²) in [7, 11) is -3.63. The van der Waals surface area contributed by atoms with Crippen LogP contribution in [-0.4, -0.2) is 41.4 Å². The maximum Gasteiger partial charge on any atom is 0.273 e. The van der Waals surface area contributed by atoms with Crippen molar-refractivity contribution in [2.45, 2.75) is 18.3 Å². The maximum atomic E-state index is 12.0. The Kier molecular flexibility index (Phi) is 3.33. The number of sulfonamides is 1. The molecule has 1 N–H and O–H groups in total. The summed E-state index contributed by atoms with van der Waals surface area (Å²) in [5.41, 5.74) is -1.06. The minimum Gasteiger partial charge on any atom is -0.387 e. The lowest BCUT2D eigenvalue weighted by atomic mass is 10.0. The first-order chi connectivity index (χ1) is 8.71. The van der Waals surface area contributed by atoms with Gasteiger partial charge in [-0.1, -0.05) is 18.2 Å². The van der Waals surface area contributed by atoms with Crippen molar-refractivity contribution in [1.29, 1.82) is 0 Å². The van der Waals surface area contributed by atoms with E-state index >= 15 is 0 Å². The zero-order valence-corrected chi connectivity index (χ0v) is 11.1. The highest BCUT2D eigenvalue weighted by molar-refractivity contribution is 7.88. The second-order valence-corrected chi connectivity index (χ2v) is 6.88. The number of nitro benzene ring substituents is 1. The Morgan fingerprint density at radius 1 is 1.42 bits per heavy atom. The first-order valence-corrected chi connectivity index (χ1v) is 7.25. The van der Waals surface area contributed by atoms with Crippen molar-refractivity contribution in [2.24, 2.45) is 0 Å². The van der Waals surface area contributed by atoms with Crippen molar-refractivity contribution in [3.8, 4) is 0 Å². The highest BCUT2D eigenvalue weighted by atomic mass is 32.2. The topological polar surface area (TPSA) is 101 Å². The van der Waals surface area contributed by atoms with E-state index < -0.39 is 26.3 Å². The van der Waals surface area contributed by atoms with Gasteiger partial charge in [0, 0.05) is 24.7 Å². The van der Waals surface area contributed by atoms with Crippen molar-refractivity contribution in [2.75, 3.05) is 13.1 Å². The molecule has 1 aliphatic heterocycles. The molecule has 0 amide bonds. The molecule has 1 aromatic carbocycles. The molecule has 1 saturated heterocycles. The summed E-state index contributed by atoms with van der Waals surface area (Å²) in [6, 6.07) is 5.75. The molecule has 0 aromatic heterocycles. The summed E-state index contributed by atoms with van der Waals surface area (Å²) < 4.78 is 25.2. The van der Waals surface area contributed by atoms with Crippen LogP contribution in [0.4, 0.5) is 5.69 Å². The van der Waals surface area contributed by atoms with Gasteiger partial charge in [0.15, 0.2) is 0 Å². The van der Waals surface area contributed by atoms with Gasteiger partial charge >= 0.3 is 0 Å². The van der Waals surface area contributed by atoms with Gasteiger partial charge in [-0.2, -0.15) is 4.31 Å². The van der Waals surface area contributed by atoms with Gasteiger partial charge in [0.2, 0.25) is 10.0 Å². The number of hydrogen-bond acceptors (Lipinski definition) is 5. The van der Waals surface area contributed by atoms with Crippen molar-refractivity contribution < 1.29 is 18.4 Å². The van der Waals surface area contributed by atoms with Gasteiger partial charge in [0.25, 0.3) is 5.69 Å². The van der Waals surface area contributed by atoms with Crippen LogP contribution in [-0.2, 0) is 15.8 Å². The third-order valence-electron chi connectivity index (χ3n) is 2.95. The zero-order valence-electron chi connectivity index (χ0n) is 10.3. The standard InChI is InChI=1S/C11H14N2O5S/c1-11(14)7-12(8-11)19(17,18)6-9-4-2-3-5-10(9)13(15)16/h2-5,14H,6-8H2,1H3. The Balaban J connectivity index is 2.20. The van der Waals surface area contributed by atoms with E-state index in [0.717, 1.165) is 4.31 Å². The summed E-state index contributed by atoms with van der Waals surface area (Å²) in [6.07, 6.45) is 0. The predicted octanol–water partition coefficient (Wildman–Crippen LogP) is 0.491. The molecule has 0 atom stereocenters. The van der Waals surface area contributed by atoms with E-state index in [1.807, 2.05) is 0 Å². The quantitative estimate of drug-likeness (QED) is 0.641. The molecule has 1 heterocycles. The number of para-hydroxylation sites is 1. The molecule has 0 spiro atoms. The van der Waals surface area contributed by atoms with Gasteiger partial charge in [-0.05, 0) is 6.92 Å². The van der Waals surface area contributed by atoms with Crippen LogP contribution in [0.1, 0.15) is 12.5 Å². The van der Waals surface area contributed by atoms with Gasteiger partial charge in [0.05, 0.1) is 16.3 Å². The Hall–Kier alpha value is -1.51. The van der Waals surface area contributed by atoms with Crippen LogP contribution in [0.15, 0.2) is 24.3 Å². The van der Waals surface area contributed by atoms with Crippen molar-refractivity contribution in [1.82, 2.24) is 4.31 Å². The van der Waals surface area contributed by atoms with Crippen LogP contribution in [0.25, 0.3) is 0 Å². The molecular formula is C11H14N2O5S. The van der Waals surface area contributed by atoms with Gasteiger partial charge < -0.3 is 5.11 Å². The average molecular weight is 286 g/mol. The van der Waals surface area contributed by atoms with E-state index in [0.29, 0.717) is 0 Å². The Morgan fingerprint density at radius 3 is 2.53 bits per heavy atom. The predicted molar refractivity (Wildman–Crippen MR) is 67.9 cm³/mol. The number of aliphatic hydroxyl groups is 1. The average Bonchev–Trinajstić information content (AvgIpc) is 2.25. The molecule has 1 aromatic rings. The number of rotatable bonds is 4. The lowest BCUT2D eigenvalue weighted by Crippen LogP contribution is -2.61. The van der Waals surface area contributed by atoms with Gasteiger partial charge in [0.1, 0.15) is 0 Å². The fraction of sp³-hybridized carbons (Fsp3) is 0.455. The first-order valence-electron chi connectivity index (χ1n) is 5.64. The van der Waals surface area contributed by atoms with Crippen LogP contribution in [0.5, 0.6) is 0 Å². The molecule has 0 radical (unpaired) electrons. The molecule has 1 aliphatic rings. The molecule has 1 fully saturated rings. The Bertz CT molecular complexity index is 603. The fourth-order valence-corrected chi connectivity index (χ4v) is 3.78. The normalized spacial score (nSPS) is 18.8. The molecule has 0 aliphatic carbocycles. The van der Waals surface area contributed by atoms with Crippen LogP contribution < -0.4 is 0 Å². The summed E-state index contributed by atoms with van der Waals surface area (Å²) in [5.74, 6) is -0.430. The summed E-state index contributed by atoms with van der Waals surface area (Å²) in [4.78, 5) is 10.2. The Morgan fingerprint density at radius 2 is 2.00 bits per heavy atom. The molecule has 8 heteroatoms. The van der Waals surface area contributed by atoms with E-state index in [-0.39, 0.29) is 24.3 Å². The molecule has 7 nitrogen and oxygen atoms in total. The second-order valence-electron chi connectivity index (χ2n) is 4.91. The van der Waals surface area contributed by atoms with Crippen LogP contribution >= 0.6 is 0 Å². The van der Waals surface area contributed by atoms with Crippen LogP contribution in [0.3, 0.4) is 0 Å².